The van der Waals surface area contributed by atoms with E-state index in [1.54, 1.807) is 0 Å². The van der Waals surface area contributed by atoms with E-state index in [2.05, 4.69) is 20.8 Å². The molecule has 1 saturated heterocycles. The third kappa shape index (κ3) is 1.42. The van der Waals surface area contributed by atoms with E-state index in [1.807, 2.05) is 0 Å². The summed E-state index contributed by atoms with van der Waals surface area (Å²) in [6, 6.07) is 0. The van der Waals surface area contributed by atoms with E-state index in [0.717, 1.165) is 19.3 Å². The van der Waals surface area contributed by atoms with Gasteiger partial charge in [-0.1, -0.05) is 27.2 Å². The topological polar surface area (TPSA) is 43.4 Å². The summed E-state index contributed by atoms with van der Waals surface area (Å²) in [5.74, 6) is 0.121. The van der Waals surface area contributed by atoms with Gasteiger partial charge < -0.3 is 4.74 Å². The Bertz CT molecular complexity index is 412. The van der Waals surface area contributed by atoms with Crippen LogP contribution >= 0.6 is 0 Å². The first-order valence-electron chi connectivity index (χ1n) is 7.05. The number of rotatable bonds is 0. The van der Waals surface area contributed by atoms with Crippen molar-refractivity contribution in [2.45, 2.75) is 46.5 Å². The summed E-state index contributed by atoms with van der Waals surface area (Å²) in [5.41, 5.74) is 0.129. The lowest BCUT2D eigenvalue weighted by molar-refractivity contribution is -0.158. The summed E-state index contributed by atoms with van der Waals surface area (Å²) in [7, 11) is 0. The van der Waals surface area contributed by atoms with Crippen molar-refractivity contribution in [3.05, 3.63) is 0 Å². The third-order valence-corrected chi connectivity index (χ3v) is 5.87. The third-order valence-electron chi connectivity index (χ3n) is 5.87. The van der Waals surface area contributed by atoms with Crippen LogP contribution in [0.25, 0.3) is 0 Å². The Morgan fingerprint density at radius 1 is 1.17 bits per heavy atom. The van der Waals surface area contributed by atoms with E-state index in [9.17, 15) is 9.59 Å². The largest absolute Gasteiger partial charge is 0.465 e. The predicted octanol–water partition coefficient (Wildman–Crippen LogP) is 2.58. The highest BCUT2D eigenvalue weighted by molar-refractivity contribution is 5.91. The average Bonchev–Trinajstić information content (AvgIpc) is 2.66. The maximum absolute atomic E-state index is 12.3. The standard InChI is InChI=1S/C15H22O3/c1-14(2)5-4-6-15(3)11(14)7-10(16)9-8-18-13(17)12(9)15/h9,11-12H,4-8H2,1-3H3/t9-,11-,12+,15-/m0/s1. The number of fused-ring (bicyclic) bond motifs is 3. The molecule has 1 aliphatic heterocycles. The van der Waals surface area contributed by atoms with E-state index in [0.29, 0.717) is 18.9 Å². The van der Waals surface area contributed by atoms with Gasteiger partial charge in [-0.2, -0.15) is 0 Å². The smallest absolute Gasteiger partial charge is 0.310 e. The van der Waals surface area contributed by atoms with Gasteiger partial charge in [-0.15, -0.1) is 0 Å². The molecule has 0 unspecified atom stereocenters. The molecule has 0 spiro atoms. The molecule has 3 fully saturated rings. The Morgan fingerprint density at radius 3 is 2.61 bits per heavy atom. The lowest BCUT2D eigenvalue weighted by Gasteiger charge is -2.56. The van der Waals surface area contributed by atoms with Gasteiger partial charge in [0.05, 0.1) is 11.8 Å². The van der Waals surface area contributed by atoms with E-state index in [1.165, 1.54) is 0 Å². The van der Waals surface area contributed by atoms with Gasteiger partial charge in [0.15, 0.2) is 0 Å². The van der Waals surface area contributed by atoms with Crippen LogP contribution in [0.2, 0.25) is 0 Å². The first kappa shape index (κ1) is 12.2. The number of hydrogen-bond acceptors (Lipinski definition) is 3. The summed E-state index contributed by atoms with van der Waals surface area (Å²) < 4.78 is 5.19. The number of cyclic esters (lactones) is 1. The number of carbonyl (C=O) groups excluding carboxylic acids is 2. The number of esters is 1. The van der Waals surface area contributed by atoms with Crippen LogP contribution in [0.5, 0.6) is 0 Å². The monoisotopic (exact) mass is 250 g/mol. The maximum atomic E-state index is 12.3. The molecule has 4 atom stereocenters. The second-order valence-corrected chi connectivity index (χ2v) is 7.29. The summed E-state index contributed by atoms with van der Waals surface area (Å²) in [6.45, 7) is 7.05. The fraction of sp³-hybridized carbons (Fsp3) is 0.867. The quantitative estimate of drug-likeness (QED) is 0.621. The molecule has 100 valence electrons. The van der Waals surface area contributed by atoms with Gasteiger partial charge in [-0.25, -0.2) is 0 Å². The number of hydrogen-bond donors (Lipinski definition) is 0. The minimum absolute atomic E-state index is 0.0338. The van der Waals surface area contributed by atoms with Crippen LogP contribution in [0, 0.1) is 28.6 Å². The minimum atomic E-state index is -0.177. The Hall–Kier alpha value is -0.860. The zero-order valence-corrected chi connectivity index (χ0v) is 11.5. The molecule has 0 aromatic carbocycles. The van der Waals surface area contributed by atoms with Crippen LogP contribution in [0.15, 0.2) is 0 Å². The molecular weight excluding hydrogens is 228 g/mol. The van der Waals surface area contributed by atoms with Gasteiger partial charge in [0.25, 0.3) is 0 Å². The summed E-state index contributed by atoms with van der Waals surface area (Å²) in [6.07, 6.45) is 4.02. The van der Waals surface area contributed by atoms with Crippen LogP contribution in [-0.4, -0.2) is 18.4 Å². The van der Waals surface area contributed by atoms with Gasteiger partial charge in [-0.3, -0.25) is 9.59 Å². The summed E-state index contributed by atoms with van der Waals surface area (Å²) in [4.78, 5) is 24.3. The van der Waals surface area contributed by atoms with Crippen molar-refractivity contribution in [3.63, 3.8) is 0 Å². The van der Waals surface area contributed by atoms with Crippen LogP contribution in [0.1, 0.15) is 46.5 Å². The van der Waals surface area contributed by atoms with E-state index in [4.69, 9.17) is 4.74 Å². The maximum Gasteiger partial charge on any atom is 0.310 e. The highest BCUT2D eigenvalue weighted by Crippen LogP contribution is 2.61. The summed E-state index contributed by atoms with van der Waals surface area (Å²) in [5, 5.41) is 0. The highest BCUT2D eigenvalue weighted by Gasteiger charge is 2.62. The van der Waals surface area contributed by atoms with Crippen LogP contribution in [-0.2, 0) is 14.3 Å². The molecule has 3 heteroatoms. The zero-order valence-electron chi connectivity index (χ0n) is 11.5. The number of ketones is 1. The molecule has 3 nitrogen and oxygen atoms in total. The average molecular weight is 250 g/mol. The van der Waals surface area contributed by atoms with Crippen LogP contribution < -0.4 is 0 Å². The Labute approximate surface area is 108 Å². The molecule has 0 aromatic heterocycles. The molecule has 2 saturated carbocycles. The van der Waals surface area contributed by atoms with Gasteiger partial charge >= 0.3 is 5.97 Å². The second kappa shape index (κ2) is 3.58. The minimum Gasteiger partial charge on any atom is -0.465 e. The number of carbonyl (C=O) groups is 2. The van der Waals surface area contributed by atoms with Gasteiger partial charge in [0.1, 0.15) is 12.4 Å². The Kier molecular flexibility index (Phi) is 2.43. The van der Waals surface area contributed by atoms with Crippen molar-refractivity contribution in [1.82, 2.24) is 0 Å². The predicted molar refractivity (Wildman–Crippen MR) is 66.8 cm³/mol. The molecule has 0 aromatic rings. The van der Waals surface area contributed by atoms with Crippen molar-refractivity contribution < 1.29 is 14.3 Å². The molecule has 1 heterocycles. The molecule has 0 bridgehead atoms. The molecular formula is C15H22O3. The summed E-state index contributed by atoms with van der Waals surface area (Å²) >= 11 is 0. The lowest BCUT2D eigenvalue weighted by Crippen LogP contribution is -2.55. The van der Waals surface area contributed by atoms with Gasteiger partial charge in [0, 0.05) is 6.42 Å². The molecule has 0 amide bonds. The first-order chi connectivity index (χ1) is 8.36. The van der Waals surface area contributed by atoms with Gasteiger partial charge in [-0.05, 0) is 29.6 Å². The molecule has 2 aliphatic carbocycles. The molecule has 3 rings (SSSR count). The normalized spacial score (nSPS) is 46.3. The van der Waals surface area contributed by atoms with E-state index < -0.39 is 0 Å². The second-order valence-electron chi connectivity index (χ2n) is 7.29. The Morgan fingerprint density at radius 2 is 1.89 bits per heavy atom. The fourth-order valence-corrected chi connectivity index (χ4v) is 4.93. The van der Waals surface area contributed by atoms with Crippen molar-refractivity contribution >= 4 is 11.8 Å². The van der Waals surface area contributed by atoms with Gasteiger partial charge in [0.2, 0.25) is 0 Å². The van der Waals surface area contributed by atoms with Crippen molar-refractivity contribution in [2.24, 2.45) is 28.6 Å². The SMILES string of the molecule is CC1(C)CCC[C@]2(C)[C@H]3C(=O)OC[C@H]3C(=O)C[C@@H]12. The van der Waals surface area contributed by atoms with Crippen LogP contribution in [0.4, 0.5) is 0 Å². The molecule has 3 aliphatic rings. The molecule has 0 radical (unpaired) electrons. The molecule has 0 N–H and O–H groups in total. The van der Waals surface area contributed by atoms with Crippen molar-refractivity contribution in [1.29, 1.82) is 0 Å². The highest BCUT2D eigenvalue weighted by atomic mass is 16.5. The Balaban J connectivity index is 2.05. The van der Waals surface area contributed by atoms with E-state index in [-0.39, 0.29) is 34.4 Å². The number of ether oxygens (including phenoxy) is 1. The zero-order chi connectivity index (χ0) is 13.1. The molecule has 18 heavy (non-hydrogen) atoms. The number of Topliss-reactive ketones (excluding diaryl/α,β-unsaturated/α-hetero) is 1. The van der Waals surface area contributed by atoms with Crippen LogP contribution in [0.3, 0.4) is 0 Å². The van der Waals surface area contributed by atoms with E-state index >= 15 is 0 Å². The van der Waals surface area contributed by atoms with Crippen molar-refractivity contribution in [2.75, 3.05) is 6.61 Å². The first-order valence-corrected chi connectivity index (χ1v) is 7.05. The lowest BCUT2D eigenvalue weighted by atomic mass is 9.46. The van der Waals surface area contributed by atoms with Crippen molar-refractivity contribution in [3.8, 4) is 0 Å². The fourth-order valence-electron chi connectivity index (χ4n) is 4.93.